The molecule has 7 nitrogen and oxygen atoms in total. The molecule has 1 saturated heterocycles. The predicted octanol–water partition coefficient (Wildman–Crippen LogP) is 1.31. The molecule has 4 N–H and O–H groups in total. The third kappa shape index (κ3) is 5.20. The van der Waals surface area contributed by atoms with Crippen LogP contribution in [0, 0.1) is 11.8 Å². The average Bonchev–Trinajstić information content (AvgIpc) is 2.66. The van der Waals surface area contributed by atoms with E-state index in [1.165, 1.54) is 11.1 Å². The Bertz CT molecular complexity index is 559. The van der Waals surface area contributed by atoms with Crippen LogP contribution in [0.2, 0.25) is 0 Å². The second-order valence-corrected chi connectivity index (χ2v) is 8.27. The molecule has 0 radical (unpaired) electrons. The summed E-state index contributed by atoms with van der Waals surface area (Å²) in [6, 6.07) is 0. The van der Waals surface area contributed by atoms with E-state index in [9.17, 15) is 25.2 Å². The summed E-state index contributed by atoms with van der Waals surface area (Å²) >= 11 is 0. The van der Waals surface area contributed by atoms with E-state index < -0.39 is 43.4 Å². The summed E-state index contributed by atoms with van der Waals surface area (Å²) in [5.41, 5.74) is 2.79. The van der Waals surface area contributed by atoms with Crippen molar-refractivity contribution >= 4 is 5.78 Å². The van der Waals surface area contributed by atoms with Gasteiger partial charge in [0.05, 0.1) is 12.7 Å². The van der Waals surface area contributed by atoms with Gasteiger partial charge in [0, 0.05) is 5.92 Å². The topological polar surface area (TPSA) is 116 Å². The first-order valence-electron chi connectivity index (χ1n) is 10.4. The number of aliphatic hydroxyl groups is 4. The Kier molecular flexibility index (Phi) is 8.60. The Labute approximate surface area is 167 Å². The van der Waals surface area contributed by atoms with Gasteiger partial charge in [-0.15, -0.1) is 0 Å². The van der Waals surface area contributed by atoms with E-state index in [0.717, 1.165) is 19.3 Å². The Morgan fingerprint density at radius 3 is 2.36 bits per heavy atom. The molecule has 162 valence electrons. The molecule has 8 atom stereocenters. The number of hydrogen-bond acceptors (Lipinski definition) is 7. The highest BCUT2D eigenvalue weighted by atomic mass is 16.7. The highest BCUT2D eigenvalue weighted by Gasteiger charge is 2.45. The molecule has 0 aromatic rings. The number of allylic oxidation sites excluding steroid dienone is 2. The highest BCUT2D eigenvalue weighted by molar-refractivity contribution is 5.79. The van der Waals surface area contributed by atoms with Crippen molar-refractivity contribution in [3.05, 3.63) is 11.1 Å². The average molecular weight is 401 g/mol. The van der Waals surface area contributed by atoms with E-state index in [-0.39, 0.29) is 11.7 Å². The molecular weight excluding hydrogens is 364 g/mol. The molecule has 0 bridgehead atoms. The summed E-state index contributed by atoms with van der Waals surface area (Å²) in [5.74, 6) is 0.0749. The van der Waals surface area contributed by atoms with E-state index in [1.54, 1.807) is 6.92 Å². The zero-order valence-corrected chi connectivity index (χ0v) is 17.4. The Morgan fingerprint density at radius 1 is 1.11 bits per heavy atom. The van der Waals surface area contributed by atoms with Crippen molar-refractivity contribution in [3.63, 3.8) is 0 Å². The number of aliphatic hydroxyl groups excluding tert-OH is 4. The maximum Gasteiger partial charge on any atom is 0.186 e. The first-order valence-corrected chi connectivity index (χ1v) is 10.4. The molecule has 28 heavy (non-hydrogen) atoms. The van der Waals surface area contributed by atoms with Crippen molar-refractivity contribution in [1.29, 1.82) is 0 Å². The van der Waals surface area contributed by atoms with Crippen molar-refractivity contribution in [2.45, 2.75) is 96.6 Å². The lowest BCUT2D eigenvalue weighted by molar-refractivity contribution is -0.314. The number of carbonyl (C=O) groups is 1. The third-order valence-electron chi connectivity index (χ3n) is 6.41. The van der Waals surface area contributed by atoms with Gasteiger partial charge in [-0.1, -0.05) is 25.0 Å². The summed E-state index contributed by atoms with van der Waals surface area (Å²) in [4.78, 5) is 12.3. The zero-order valence-electron chi connectivity index (χ0n) is 17.4. The predicted molar refractivity (Wildman–Crippen MR) is 103 cm³/mol. The Hall–Kier alpha value is -0.830. The van der Waals surface area contributed by atoms with Crippen molar-refractivity contribution < 1.29 is 34.7 Å². The normalized spacial score (nSPS) is 41.9. The molecule has 0 spiro atoms. The van der Waals surface area contributed by atoms with Crippen LogP contribution in [-0.2, 0) is 14.3 Å². The minimum absolute atomic E-state index is 0.0256. The molecule has 8 unspecified atom stereocenters. The van der Waals surface area contributed by atoms with Gasteiger partial charge in [0.15, 0.2) is 6.29 Å². The molecule has 0 aromatic heterocycles. The van der Waals surface area contributed by atoms with Crippen LogP contribution in [0.1, 0.15) is 59.8 Å². The van der Waals surface area contributed by atoms with Crippen molar-refractivity contribution in [2.24, 2.45) is 11.8 Å². The van der Waals surface area contributed by atoms with Crippen LogP contribution in [0.25, 0.3) is 0 Å². The molecular formula is C21H36O7. The maximum atomic E-state index is 12.3. The van der Waals surface area contributed by atoms with Crippen molar-refractivity contribution in [3.8, 4) is 0 Å². The van der Waals surface area contributed by atoms with Gasteiger partial charge in [0.1, 0.15) is 30.2 Å². The smallest absolute Gasteiger partial charge is 0.186 e. The van der Waals surface area contributed by atoms with Gasteiger partial charge < -0.3 is 29.9 Å². The second kappa shape index (κ2) is 10.3. The molecule has 2 fully saturated rings. The number of hydrogen-bond donors (Lipinski definition) is 4. The molecule has 0 amide bonds. The molecule has 1 saturated carbocycles. The zero-order chi connectivity index (χ0) is 21.0. The molecule has 1 heterocycles. The molecule has 1 aliphatic carbocycles. The highest BCUT2D eigenvalue weighted by Crippen LogP contribution is 2.36. The van der Waals surface area contributed by atoms with Crippen LogP contribution >= 0.6 is 0 Å². The Morgan fingerprint density at radius 2 is 1.79 bits per heavy atom. The fourth-order valence-electron chi connectivity index (χ4n) is 4.37. The second-order valence-electron chi connectivity index (χ2n) is 8.27. The third-order valence-corrected chi connectivity index (χ3v) is 6.41. The van der Waals surface area contributed by atoms with Gasteiger partial charge in [-0.25, -0.2) is 0 Å². The van der Waals surface area contributed by atoms with Gasteiger partial charge in [-0.05, 0) is 51.9 Å². The van der Waals surface area contributed by atoms with E-state index in [0.29, 0.717) is 18.8 Å². The van der Waals surface area contributed by atoms with Gasteiger partial charge in [0.25, 0.3) is 0 Å². The maximum absolute atomic E-state index is 12.3. The minimum atomic E-state index is -1.49. The standard InChI is InChI=1S/C21H36O7/c1-5-11(2)14-7-8-15(13(4)23)16(9-6-12(14)3)27-21-20(26)19(25)18(24)17(10-22)28-21/h12,15-22,24-26H,5-10H2,1-4H3/b14-11+. The molecule has 2 rings (SSSR count). The quantitative estimate of drug-likeness (QED) is 0.514. The lowest BCUT2D eigenvalue weighted by Gasteiger charge is -2.42. The summed E-state index contributed by atoms with van der Waals surface area (Å²) < 4.78 is 11.5. The van der Waals surface area contributed by atoms with Crippen molar-refractivity contribution in [2.75, 3.05) is 6.61 Å². The van der Waals surface area contributed by atoms with E-state index in [1.807, 2.05) is 0 Å². The first-order chi connectivity index (χ1) is 13.2. The fraction of sp³-hybridized carbons (Fsp3) is 0.857. The fourth-order valence-corrected chi connectivity index (χ4v) is 4.37. The SMILES string of the molecule is CC/C(C)=C1\CCC(C(C)=O)C(OC2OC(CO)C(O)C(O)C2O)CCC1C. The molecule has 7 heteroatoms. The summed E-state index contributed by atoms with van der Waals surface area (Å²) in [6.45, 7) is 7.52. The number of ketones is 1. The van der Waals surface area contributed by atoms with Gasteiger partial charge in [0.2, 0.25) is 0 Å². The van der Waals surface area contributed by atoms with Crippen molar-refractivity contribution in [1.82, 2.24) is 0 Å². The number of rotatable bonds is 5. The van der Waals surface area contributed by atoms with Crippen LogP contribution in [0.4, 0.5) is 0 Å². The molecule has 0 aromatic carbocycles. The molecule has 2 aliphatic rings. The Balaban J connectivity index is 2.17. The summed E-state index contributed by atoms with van der Waals surface area (Å²) in [6.07, 6.45) is -3.08. The van der Waals surface area contributed by atoms with Crippen LogP contribution < -0.4 is 0 Å². The van der Waals surface area contributed by atoms with E-state index >= 15 is 0 Å². The number of Topliss-reactive ketones (excluding diaryl/α,β-unsaturated/α-hetero) is 1. The molecule has 1 aliphatic heterocycles. The van der Waals surface area contributed by atoms with Gasteiger partial charge >= 0.3 is 0 Å². The lowest BCUT2D eigenvalue weighted by atomic mass is 9.78. The van der Waals surface area contributed by atoms with Gasteiger partial charge in [-0.3, -0.25) is 4.79 Å². The monoisotopic (exact) mass is 400 g/mol. The van der Waals surface area contributed by atoms with Crippen LogP contribution in [0.3, 0.4) is 0 Å². The summed E-state index contributed by atoms with van der Waals surface area (Å²) in [5, 5.41) is 39.6. The minimum Gasteiger partial charge on any atom is -0.394 e. The number of carbonyl (C=O) groups excluding carboxylic acids is 1. The summed E-state index contributed by atoms with van der Waals surface area (Å²) in [7, 11) is 0. The first kappa shape index (κ1) is 23.4. The lowest BCUT2D eigenvalue weighted by Crippen LogP contribution is -2.60. The van der Waals surface area contributed by atoms with Crippen LogP contribution in [0.5, 0.6) is 0 Å². The number of ether oxygens (including phenoxy) is 2. The van der Waals surface area contributed by atoms with Gasteiger partial charge in [-0.2, -0.15) is 0 Å². The largest absolute Gasteiger partial charge is 0.394 e. The van der Waals surface area contributed by atoms with Crippen LogP contribution in [0.15, 0.2) is 11.1 Å². The van der Waals surface area contributed by atoms with E-state index in [2.05, 4.69) is 20.8 Å². The van der Waals surface area contributed by atoms with E-state index in [4.69, 9.17) is 9.47 Å². The van der Waals surface area contributed by atoms with Crippen LogP contribution in [-0.4, -0.2) is 69.6 Å².